The van der Waals surface area contributed by atoms with Gasteiger partial charge in [0.1, 0.15) is 0 Å². The van der Waals surface area contributed by atoms with E-state index in [0.29, 0.717) is 46.6 Å². The second kappa shape index (κ2) is 13.5. The molecule has 0 bridgehead atoms. The van der Waals surface area contributed by atoms with E-state index in [1.54, 1.807) is 30.3 Å². The van der Waals surface area contributed by atoms with Gasteiger partial charge in [0, 0.05) is 11.6 Å². The molecule has 0 spiro atoms. The molecule has 2 aromatic carbocycles. The fraction of sp³-hybridized carbons (Fsp3) is 0.320. The van der Waals surface area contributed by atoms with Crippen LogP contribution in [0.5, 0.6) is 23.0 Å². The maximum Gasteiger partial charge on any atom is 0.269 e. The second-order valence-electron chi connectivity index (χ2n) is 7.84. The van der Waals surface area contributed by atoms with E-state index in [9.17, 15) is 14.4 Å². The molecule has 0 unspecified atom stereocenters. The Morgan fingerprint density at radius 3 is 2.23 bits per heavy atom. The predicted molar refractivity (Wildman–Crippen MR) is 130 cm³/mol. The largest absolute Gasteiger partial charge is 0.493 e. The summed E-state index contributed by atoms with van der Waals surface area (Å²) >= 11 is 0. The zero-order chi connectivity index (χ0) is 25.8. The molecule has 0 heterocycles. The van der Waals surface area contributed by atoms with Crippen molar-refractivity contribution in [1.82, 2.24) is 10.9 Å². The van der Waals surface area contributed by atoms with Crippen LogP contribution in [-0.4, -0.2) is 45.2 Å². The quantitative estimate of drug-likeness (QED) is 0.310. The van der Waals surface area contributed by atoms with Crippen molar-refractivity contribution in [3.63, 3.8) is 0 Å². The Morgan fingerprint density at radius 2 is 1.57 bits per heavy atom. The SMILES string of the molecule is COc1cc(C(=O)NNC(=O)/C=C/c2ccc(OCC(N)=O)c(OC)c2)ccc1OCCC(C)C. The summed E-state index contributed by atoms with van der Waals surface area (Å²) in [5, 5.41) is 0. The highest BCUT2D eigenvalue weighted by Gasteiger charge is 2.12. The zero-order valence-electron chi connectivity index (χ0n) is 20.3. The first-order valence-corrected chi connectivity index (χ1v) is 10.9. The van der Waals surface area contributed by atoms with Crippen molar-refractivity contribution in [1.29, 1.82) is 0 Å². The zero-order valence-corrected chi connectivity index (χ0v) is 20.3. The van der Waals surface area contributed by atoms with E-state index in [1.165, 1.54) is 32.4 Å². The minimum atomic E-state index is -0.612. The van der Waals surface area contributed by atoms with E-state index < -0.39 is 17.7 Å². The van der Waals surface area contributed by atoms with Gasteiger partial charge < -0.3 is 24.7 Å². The molecule has 0 fully saturated rings. The summed E-state index contributed by atoms with van der Waals surface area (Å²) in [6, 6.07) is 9.65. The first-order chi connectivity index (χ1) is 16.7. The Bertz CT molecular complexity index is 1070. The molecular formula is C25H31N3O7. The summed E-state index contributed by atoms with van der Waals surface area (Å²) in [5.74, 6) is 0.498. The highest BCUT2D eigenvalue weighted by Crippen LogP contribution is 2.29. The Morgan fingerprint density at radius 1 is 0.914 bits per heavy atom. The van der Waals surface area contributed by atoms with Gasteiger partial charge in [0.2, 0.25) is 0 Å². The van der Waals surface area contributed by atoms with Crippen LogP contribution >= 0.6 is 0 Å². The van der Waals surface area contributed by atoms with Crippen LogP contribution < -0.4 is 35.5 Å². The van der Waals surface area contributed by atoms with Crippen LogP contribution in [-0.2, 0) is 9.59 Å². The maximum atomic E-state index is 12.4. The van der Waals surface area contributed by atoms with Gasteiger partial charge in [-0.2, -0.15) is 0 Å². The molecule has 10 heteroatoms. The van der Waals surface area contributed by atoms with E-state index in [4.69, 9.17) is 24.7 Å². The number of hydrogen-bond donors (Lipinski definition) is 3. The Balaban J connectivity index is 1.93. The molecule has 0 aliphatic rings. The molecule has 0 saturated heterocycles. The number of carbonyl (C=O) groups is 3. The Labute approximate surface area is 204 Å². The molecule has 10 nitrogen and oxygen atoms in total. The van der Waals surface area contributed by atoms with E-state index in [1.807, 2.05) is 0 Å². The molecule has 35 heavy (non-hydrogen) atoms. The summed E-state index contributed by atoms with van der Waals surface area (Å²) in [5.41, 5.74) is 10.7. The number of hydrazine groups is 1. The number of nitrogens with two attached hydrogens (primary N) is 1. The van der Waals surface area contributed by atoms with Gasteiger partial charge >= 0.3 is 0 Å². The minimum Gasteiger partial charge on any atom is -0.493 e. The van der Waals surface area contributed by atoms with Crippen LogP contribution in [0.3, 0.4) is 0 Å². The average molecular weight is 486 g/mol. The summed E-state index contributed by atoms with van der Waals surface area (Å²) < 4.78 is 21.5. The number of carbonyl (C=O) groups excluding carboxylic acids is 3. The Hall–Kier alpha value is -4.21. The van der Waals surface area contributed by atoms with Crippen LogP contribution in [0.2, 0.25) is 0 Å². The van der Waals surface area contributed by atoms with Gasteiger partial charge in [-0.1, -0.05) is 19.9 Å². The van der Waals surface area contributed by atoms with E-state index >= 15 is 0 Å². The van der Waals surface area contributed by atoms with Gasteiger partial charge in [-0.15, -0.1) is 0 Å². The molecule has 2 aromatic rings. The van der Waals surface area contributed by atoms with E-state index in [-0.39, 0.29) is 6.61 Å². The van der Waals surface area contributed by atoms with Crippen LogP contribution in [0.1, 0.15) is 36.2 Å². The molecule has 0 radical (unpaired) electrons. The number of methoxy groups -OCH3 is 2. The molecule has 188 valence electrons. The standard InChI is InChI=1S/C25H31N3O7/c1-16(2)11-12-34-19-9-7-18(14-22(19)33-4)25(31)28-27-24(30)10-6-17-5-8-20(21(13-17)32-3)35-15-23(26)29/h5-10,13-14,16H,11-12,15H2,1-4H3,(H2,26,29)(H,27,30)(H,28,31)/b10-6+. The molecule has 2 rings (SSSR count). The third-order valence-corrected chi connectivity index (χ3v) is 4.66. The van der Waals surface area contributed by atoms with Crippen molar-refractivity contribution in [2.75, 3.05) is 27.4 Å². The fourth-order valence-corrected chi connectivity index (χ4v) is 2.79. The molecule has 4 N–H and O–H groups in total. The number of hydrogen-bond acceptors (Lipinski definition) is 7. The molecule has 0 atom stereocenters. The van der Waals surface area contributed by atoms with Gasteiger partial charge in [0.15, 0.2) is 29.6 Å². The lowest BCUT2D eigenvalue weighted by Gasteiger charge is -2.13. The van der Waals surface area contributed by atoms with Crippen molar-refractivity contribution >= 4 is 23.8 Å². The third-order valence-electron chi connectivity index (χ3n) is 4.66. The molecule has 0 aliphatic carbocycles. The third kappa shape index (κ3) is 8.92. The topological polar surface area (TPSA) is 138 Å². The molecule has 3 amide bonds. The van der Waals surface area contributed by atoms with Crippen molar-refractivity contribution in [2.24, 2.45) is 11.7 Å². The summed E-state index contributed by atoms with van der Waals surface area (Å²) in [6.45, 7) is 4.46. The average Bonchev–Trinajstić information content (AvgIpc) is 2.84. The van der Waals surface area contributed by atoms with Crippen LogP contribution in [0, 0.1) is 5.92 Å². The normalized spacial score (nSPS) is 10.7. The van der Waals surface area contributed by atoms with Gasteiger partial charge in [-0.3, -0.25) is 25.2 Å². The minimum absolute atomic E-state index is 0.284. The summed E-state index contributed by atoms with van der Waals surface area (Å²) in [4.78, 5) is 35.4. The smallest absolute Gasteiger partial charge is 0.269 e. The number of benzene rings is 2. The van der Waals surface area contributed by atoms with Crippen molar-refractivity contribution in [2.45, 2.75) is 20.3 Å². The van der Waals surface area contributed by atoms with Crippen LogP contribution in [0.4, 0.5) is 0 Å². The fourth-order valence-electron chi connectivity index (χ4n) is 2.79. The summed E-state index contributed by atoms with van der Waals surface area (Å²) in [6.07, 6.45) is 3.66. The maximum absolute atomic E-state index is 12.4. The lowest BCUT2D eigenvalue weighted by atomic mass is 10.1. The lowest BCUT2D eigenvalue weighted by Crippen LogP contribution is -2.40. The predicted octanol–water partition coefficient (Wildman–Crippen LogP) is 2.47. The number of primary amides is 1. The van der Waals surface area contributed by atoms with E-state index in [0.717, 1.165) is 6.42 Å². The number of amides is 3. The van der Waals surface area contributed by atoms with Gasteiger partial charge in [0.25, 0.3) is 17.7 Å². The number of rotatable bonds is 12. The van der Waals surface area contributed by atoms with Crippen molar-refractivity contribution < 1.29 is 33.3 Å². The highest BCUT2D eigenvalue weighted by molar-refractivity contribution is 5.98. The van der Waals surface area contributed by atoms with Crippen LogP contribution in [0.15, 0.2) is 42.5 Å². The van der Waals surface area contributed by atoms with Gasteiger partial charge in [0.05, 0.1) is 20.8 Å². The van der Waals surface area contributed by atoms with Gasteiger partial charge in [-0.25, -0.2) is 0 Å². The number of ether oxygens (including phenoxy) is 4. The van der Waals surface area contributed by atoms with Crippen molar-refractivity contribution in [3.8, 4) is 23.0 Å². The summed E-state index contributed by atoms with van der Waals surface area (Å²) in [7, 11) is 2.94. The second-order valence-corrected chi connectivity index (χ2v) is 7.84. The number of nitrogens with one attached hydrogen (secondary N) is 2. The van der Waals surface area contributed by atoms with Crippen molar-refractivity contribution in [3.05, 3.63) is 53.6 Å². The molecular weight excluding hydrogens is 454 g/mol. The van der Waals surface area contributed by atoms with E-state index in [2.05, 4.69) is 24.7 Å². The Kier molecular flexibility index (Phi) is 10.4. The lowest BCUT2D eigenvalue weighted by molar-refractivity contribution is -0.120. The first-order valence-electron chi connectivity index (χ1n) is 10.9. The monoisotopic (exact) mass is 485 g/mol. The molecule has 0 aromatic heterocycles. The van der Waals surface area contributed by atoms with Crippen LogP contribution in [0.25, 0.3) is 6.08 Å². The molecule has 0 aliphatic heterocycles. The first kappa shape index (κ1) is 27.0. The van der Waals surface area contributed by atoms with Gasteiger partial charge in [-0.05, 0) is 54.3 Å². The molecule has 0 saturated carbocycles. The highest BCUT2D eigenvalue weighted by atomic mass is 16.5.